The SMILES string of the molecule is CC(=O)N(c1nc(COc2ccc(C#N)cc2Cl)cs1)c1cccc(C)c1C. The molecule has 0 atom stereocenters. The summed E-state index contributed by atoms with van der Waals surface area (Å²) in [5.74, 6) is 0.374. The van der Waals surface area contributed by atoms with Gasteiger partial charge in [0.05, 0.1) is 28.0 Å². The van der Waals surface area contributed by atoms with E-state index in [-0.39, 0.29) is 12.5 Å². The van der Waals surface area contributed by atoms with Gasteiger partial charge in [0, 0.05) is 12.3 Å². The van der Waals surface area contributed by atoms with Gasteiger partial charge in [-0.25, -0.2) is 4.98 Å². The van der Waals surface area contributed by atoms with Gasteiger partial charge in [-0.15, -0.1) is 11.3 Å². The molecule has 0 aliphatic rings. The van der Waals surface area contributed by atoms with Crippen LogP contribution in [-0.2, 0) is 11.4 Å². The number of hydrogen-bond acceptors (Lipinski definition) is 5. The van der Waals surface area contributed by atoms with Crippen molar-refractivity contribution in [3.63, 3.8) is 0 Å². The first-order valence-electron chi connectivity index (χ1n) is 8.54. The van der Waals surface area contributed by atoms with E-state index >= 15 is 0 Å². The number of nitriles is 1. The number of aryl methyl sites for hydroxylation is 1. The van der Waals surface area contributed by atoms with Gasteiger partial charge < -0.3 is 4.74 Å². The number of hydrogen-bond donors (Lipinski definition) is 0. The zero-order valence-electron chi connectivity index (χ0n) is 15.7. The highest BCUT2D eigenvalue weighted by Gasteiger charge is 2.20. The van der Waals surface area contributed by atoms with E-state index in [9.17, 15) is 4.79 Å². The quantitative estimate of drug-likeness (QED) is 0.552. The monoisotopic (exact) mass is 411 g/mol. The topological polar surface area (TPSA) is 66.2 Å². The number of halogens is 1. The lowest BCUT2D eigenvalue weighted by atomic mass is 10.1. The van der Waals surface area contributed by atoms with Crippen LogP contribution < -0.4 is 9.64 Å². The van der Waals surface area contributed by atoms with Crippen LogP contribution in [0.15, 0.2) is 41.8 Å². The molecule has 0 radical (unpaired) electrons. The molecule has 0 saturated carbocycles. The number of benzene rings is 2. The minimum Gasteiger partial charge on any atom is -0.486 e. The third-order valence-corrected chi connectivity index (χ3v) is 5.47. The van der Waals surface area contributed by atoms with Crippen LogP contribution in [0.25, 0.3) is 0 Å². The summed E-state index contributed by atoms with van der Waals surface area (Å²) in [5.41, 5.74) is 4.13. The van der Waals surface area contributed by atoms with Gasteiger partial charge in [-0.2, -0.15) is 5.26 Å². The van der Waals surface area contributed by atoms with Crippen LogP contribution in [0.4, 0.5) is 10.8 Å². The highest BCUT2D eigenvalue weighted by molar-refractivity contribution is 7.14. The second kappa shape index (κ2) is 8.42. The molecule has 7 heteroatoms. The summed E-state index contributed by atoms with van der Waals surface area (Å²) in [5, 5.41) is 11.7. The molecule has 0 unspecified atom stereocenters. The van der Waals surface area contributed by atoms with Gasteiger partial charge in [0.1, 0.15) is 12.4 Å². The molecule has 1 heterocycles. The van der Waals surface area contributed by atoms with Gasteiger partial charge in [0.15, 0.2) is 5.13 Å². The highest BCUT2D eigenvalue weighted by Crippen LogP contribution is 2.33. The van der Waals surface area contributed by atoms with Crippen LogP contribution >= 0.6 is 22.9 Å². The molecule has 142 valence electrons. The molecule has 0 fully saturated rings. The lowest BCUT2D eigenvalue weighted by molar-refractivity contribution is -0.115. The van der Waals surface area contributed by atoms with Crippen LogP contribution in [0.2, 0.25) is 5.02 Å². The standard InChI is InChI=1S/C21H18ClN3O2S/c1-13-5-4-6-19(14(13)2)25(15(3)26)21-24-17(12-28-21)11-27-20-8-7-16(10-23)9-18(20)22/h4-9,12H,11H2,1-3H3. The van der Waals surface area contributed by atoms with E-state index in [2.05, 4.69) is 4.98 Å². The Hall–Kier alpha value is -2.88. The van der Waals surface area contributed by atoms with Crippen molar-refractivity contribution in [1.82, 2.24) is 4.98 Å². The van der Waals surface area contributed by atoms with Crippen LogP contribution in [-0.4, -0.2) is 10.9 Å². The summed E-state index contributed by atoms with van der Waals surface area (Å²) in [6, 6.07) is 12.7. The second-order valence-corrected chi connectivity index (χ2v) is 7.48. The number of anilines is 2. The van der Waals surface area contributed by atoms with Gasteiger partial charge in [-0.05, 0) is 49.2 Å². The smallest absolute Gasteiger partial charge is 0.230 e. The average Bonchev–Trinajstić information content (AvgIpc) is 3.12. The molecule has 0 saturated heterocycles. The first kappa shape index (κ1) is 19.9. The van der Waals surface area contributed by atoms with Crippen LogP contribution in [0.3, 0.4) is 0 Å². The number of thiazole rings is 1. The number of nitrogens with zero attached hydrogens (tertiary/aromatic N) is 3. The maximum absolute atomic E-state index is 12.3. The number of rotatable bonds is 5. The van der Waals surface area contributed by atoms with E-state index < -0.39 is 0 Å². The lowest BCUT2D eigenvalue weighted by Gasteiger charge is -2.21. The van der Waals surface area contributed by atoms with E-state index in [4.69, 9.17) is 21.6 Å². The Kier molecular flexibility index (Phi) is 5.98. The third kappa shape index (κ3) is 4.16. The first-order valence-corrected chi connectivity index (χ1v) is 9.80. The molecule has 1 amide bonds. The van der Waals surface area contributed by atoms with Gasteiger partial charge in [0.25, 0.3) is 0 Å². The minimum atomic E-state index is -0.106. The Bertz CT molecular complexity index is 1070. The zero-order valence-corrected chi connectivity index (χ0v) is 17.3. The highest BCUT2D eigenvalue weighted by atomic mass is 35.5. The predicted molar refractivity (Wildman–Crippen MR) is 111 cm³/mol. The van der Waals surface area contributed by atoms with Crippen molar-refractivity contribution >= 4 is 39.7 Å². The van der Waals surface area contributed by atoms with Crippen molar-refractivity contribution in [2.75, 3.05) is 4.90 Å². The van der Waals surface area contributed by atoms with Crippen molar-refractivity contribution in [2.45, 2.75) is 27.4 Å². The maximum Gasteiger partial charge on any atom is 0.230 e. The lowest BCUT2D eigenvalue weighted by Crippen LogP contribution is -2.23. The van der Waals surface area contributed by atoms with Crippen molar-refractivity contribution in [2.24, 2.45) is 0 Å². The summed E-state index contributed by atoms with van der Waals surface area (Å²) < 4.78 is 5.72. The Morgan fingerprint density at radius 3 is 2.79 bits per heavy atom. The third-order valence-electron chi connectivity index (χ3n) is 4.30. The molecule has 3 rings (SSSR count). The van der Waals surface area contributed by atoms with Crippen molar-refractivity contribution in [3.05, 3.63) is 69.2 Å². The summed E-state index contributed by atoms with van der Waals surface area (Å²) in [6.45, 7) is 5.74. The van der Waals surface area contributed by atoms with E-state index in [1.165, 1.54) is 18.3 Å². The zero-order chi connectivity index (χ0) is 20.3. The predicted octanol–water partition coefficient (Wildman–Crippen LogP) is 5.55. The molecule has 3 aromatic rings. The number of carbonyl (C=O) groups excluding carboxylic acids is 1. The van der Waals surface area contributed by atoms with Crippen molar-refractivity contribution in [3.8, 4) is 11.8 Å². The van der Waals surface area contributed by atoms with Crippen molar-refractivity contribution in [1.29, 1.82) is 5.26 Å². The minimum absolute atomic E-state index is 0.106. The molecule has 0 N–H and O–H groups in total. The molecular weight excluding hydrogens is 394 g/mol. The Morgan fingerprint density at radius 2 is 2.11 bits per heavy atom. The Morgan fingerprint density at radius 1 is 1.32 bits per heavy atom. The number of aromatic nitrogens is 1. The summed E-state index contributed by atoms with van der Waals surface area (Å²) in [7, 11) is 0. The van der Waals surface area contributed by atoms with Crippen LogP contribution in [0, 0.1) is 25.2 Å². The first-order chi connectivity index (χ1) is 13.4. The molecule has 28 heavy (non-hydrogen) atoms. The van der Waals surface area contributed by atoms with E-state index in [0.29, 0.717) is 27.2 Å². The fourth-order valence-corrected chi connectivity index (χ4v) is 3.79. The average molecular weight is 412 g/mol. The van der Waals surface area contributed by atoms with Gasteiger partial charge in [-0.3, -0.25) is 9.69 Å². The maximum atomic E-state index is 12.3. The van der Waals surface area contributed by atoms with Gasteiger partial charge >= 0.3 is 0 Å². The Balaban J connectivity index is 1.81. The molecular formula is C21H18ClN3O2S. The summed E-state index contributed by atoms with van der Waals surface area (Å²) in [6.07, 6.45) is 0. The molecule has 1 aromatic heterocycles. The largest absolute Gasteiger partial charge is 0.486 e. The fraction of sp³-hybridized carbons (Fsp3) is 0.190. The summed E-state index contributed by atoms with van der Waals surface area (Å²) >= 11 is 7.52. The molecule has 0 bridgehead atoms. The van der Waals surface area contributed by atoms with E-state index in [1.54, 1.807) is 23.1 Å². The van der Waals surface area contributed by atoms with Crippen LogP contribution in [0.5, 0.6) is 5.75 Å². The summed E-state index contributed by atoms with van der Waals surface area (Å²) in [4.78, 5) is 18.5. The van der Waals surface area contributed by atoms with E-state index in [1.807, 2.05) is 43.5 Å². The number of carbonyl (C=O) groups is 1. The van der Waals surface area contributed by atoms with Crippen LogP contribution in [0.1, 0.15) is 29.3 Å². The molecule has 0 aliphatic carbocycles. The van der Waals surface area contributed by atoms with E-state index in [0.717, 1.165) is 16.8 Å². The Labute approximate surface area is 172 Å². The fourth-order valence-electron chi connectivity index (χ4n) is 2.69. The molecule has 5 nitrogen and oxygen atoms in total. The molecule has 2 aromatic carbocycles. The second-order valence-electron chi connectivity index (χ2n) is 6.24. The number of ether oxygens (including phenoxy) is 1. The van der Waals surface area contributed by atoms with Gasteiger partial charge in [0.2, 0.25) is 5.91 Å². The van der Waals surface area contributed by atoms with Gasteiger partial charge in [-0.1, -0.05) is 23.7 Å². The molecule has 0 spiro atoms. The van der Waals surface area contributed by atoms with Crippen molar-refractivity contribution < 1.29 is 9.53 Å². The number of amides is 1. The normalized spacial score (nSPS) is 10.4. The molecule has 0 aliphatic heterocycles.